The van der Waals surface area contributed by atoms with Gasteiger partial charge in [0.15, 0.2) is 11.5 Å². The van der Waals surface area contributed by atoms with Crippen LogP contribution in [-0.4, -0.2) is 24.4 Å². The molecule has 0 fully saturated rings. The highest BCUT2D eigenvalue weighted by atomic mass is 15.5. The molecule has 0 saturated heterocycles. The van der Waals surface area contributed by atoms with Gasteiger partial charge in [-0.3, -0.25) is 0 Å². The molecule has 1 aliphatic carbocycles. The molecule has 11 aromatic rings. The summed E-state index contributed by atoms with van der Waals surface area (Å²) in [5.74, 6) is 0.631. The van der Waals surface area contributed by atoms with Gasteiger partial charge in [-0.05, 0) is 74.1 Å². The van der Waals surface area contributed by atoms with Gasteiger partial charge in [0.25, 0.3) is 0 Å². The zero-order valence-corrected chi connectivity index (χ0v) is 30.3. The van der Waals surface area contributed by atoms with Crippen molar-refractivity contribution in [2.75, 3.05) is 0 Å². The summed E-state index contributed by atoms with van der Waals surface area (Å²) < 4.78 is 4.13. The van der Waals surface area contributed by atoms with Crippen LogP contribution in [-0.2, 0) is 5.41 Å². The van der Waals surface area contributed by atoms with E-state index in [9.17, 15) is 0 Å². The van der Waals surface area contributed by atoms with Crippen LogP contribution in [0.25, 0.3) is 99.2 Å². The minimum absolute atomic E-state index is 0.0608. The predicted octanol–water partition coefficient (Wildman–Crippen LogP) is 12.3. The second kappa shape index (κ2) is 11.0. The molecule has 55 heavy (non-hydrogen) atoms. The number of hydrogen-bond donors (Lipinski definition) is 0. The Hall–Kier alpha value is -7.11. The first-order valence-electron chi connectivity index (χ1n) is 18.9. The summed E-state index contributed by atoms with van der Waals surface area (Å²) in [4.78, 5) is 5.26. The molecule has 0 amide bonds. The van der Waals surface area contributed by atoms with Crippen LogP contribution in [0.2, 0.25) is 0 Å². The summed E-state index contributed by atoms with van der Waals surface area (Å²) in [6, 6.07) is 58.9. The lowest BCUT2D eigenvalue weighted by atomic mass is 9.82. The van der Waals surface area contributed by atoms with Crippen LogP contribution in [0.1, 0.15) is 25.0 Å². The zero-order chi connectivity index (χ0) is 36.4. The van der Waals surface area contributed by atoms with E-state index in [-0.39, 0.29) is 5.41 Å². The second-order valence-corrected chi connectivity index (χ2v) is 15.3. The van der Waals surface area contributed by atoms with E-state index in [1.807, 2.05) is 0 Å². The van der Waals surface area contributed by atoms with Crippen molar-refractivity contribution in [3.63, 3.8) is 0 Å². The van der Waals surface area contributed by atoms with E-state index < -0.39 is 0 Å². The molecule has 5 nitrogen and oxygen atoms in total. The third-order valence-corrected chi connectivity index (χ3v) is 12.0. The van der Waals surface area contributed by atoms with E-state index in [1.165, 1.54) is 54.6 Å². The summed E-state index contributed by atoms with van der Waals surface area (Å²) in [6.07, 6.45) is 0. The lowest BCUT2D eigenvalue weighted by Crippen LogP contribution is -2.14. The third kappa shape index (κ3) is 4.15. The Bertz CT molecular complexity index is 3330. The van der Waals surface area contributed by atoms with E-state index in [1.54, 1.807) is 4.63 Å². The standard InChI is InChI=1S/C50H33N5/c1-50(2)40-21-11-9-17-35(40)39-29-32(23-26-41(39)50)47-36-18-7-8-19-37(36)49-51-48(53-55(49)52-47)38-20-10-12-22-42(38)54-43-27-24-30-13-3-5-15-33(30)45(43)46-34-16-6-4-14-31(34)25-28-44(46)54/h3-29H,1-2H3. The van der Waals surface area contributed by atoms with Crippen LogP contribution in [0.5, 0.6) is 0 Å². The number of benzene rings is 8. The molecule has 0 N–H and O–H groups in total. The van der Waals surface area contributed by atoms with Gasteiger partial charge in [-0.1, -0.05) is 147 Å². The Kier molecular flexibility index (Phi) is 6.05. The molecule has 0 atom stereocenters. The van der Waals surface area contributed by atoms with E-state index in [0.29, 0.717) is 5.82 Å². The molecular formula is C50H33N5. The first-order chi connectivity index (χ1) is 27.0. The molecule has 0 saturated carbocycles. The molecular weight excluding hydrogens is 671 g/mol. The van der Waals surface area contributed by atoms with Gasteiger partial charge in [-0.25, -0.2) is 4.98 Å². The van der Waals surface area contributed by atoms with Crippen molar-refractivity contribution in [2.45, 2.75) is 19.3 Å². The fraction of sp³-hybridized carbons (Fsp3) is 0.0600. The summed E-state index contributed by atoms with van der Waals surface area (Å²) >= 11 is 0. The van der Waals surface area contributed by atoms with Gasteiger partial charge >= 0.3 is 0 Å². The summed E-state index contributed by atoms with van der Waals surface area (Å²) in [7, 11) is 0. The van der Waals surface area contributed by atoms with Crippen LogP contribution in [0, 0.1) is 0 Å². The molecule has 0 spiro atoms. The molecule has 12 rings (SSSR count). The molecule has 1 aliphatic rings. The molecule has 0 unspecified atom stereocenters. The van der Waals surface area contributed by atoms with E-state index in [4.69, 9.17) is 15.2 Å². The molecule has 0 bridgehead atoms. The SMILES string of the molecule is CC1(C)c2ccccc2-c2cc(-c3nn4nc(-c5ccccc5-n5c6ccc7ccccc7c6c6c7ccccc7ccc65)nc4c4ccccc34)ccc21. The second-order valence-electron chi connectivity index (χ2n) is 15.3. The largest absolute Gasteiger partial charge is 0.308 e. The van der Waals surface area contributed by atoms with Gasteiger partial charge in [0, 0.05) is 38.1 Å². The maximum Gasteiger partial charge on any atom is 0.186 e. The van der Waals surface area contributed by atoms with E-state index in [2.05, 4.69) is 182 Å². The summed E-state index contributed by atoms with van der Waals surface area (Å²) in [5, 5.41) is 19.9. The lowest BCUT2D eigenvalue weighted by Gasteiger charge is -2.21. The van der Waals surface area contributed by atoms with Crippen molar-refractivity contribution < 1.29 is 0 Å². The average molecular weight is 704 g/mol. The predicted molar refractivity (Wildman–Crippen MR) is 226 cm³/mol. The lowest BCUT2D eigenvalue weighted by molar-refractivity contribution is 0.660. The number of rotatable bonds is 3. The summed E-state index contributed by atoms with van der Waals surface area (Å²) in [6.45, 7) is 4.63. The van der Waals surface area contributed by atoms with Gasteiger partial charge < -0.3 is 4.57 Å². The fourth-order valence-corrected chi connectivity index (χ4v) is 9.44. The maximum atomic E-state index is 5.26. The quantitative estimate of drug-likeness (QED) is 0.184. The maximum absolute atomic E-state index is 5.26. The molecule has 258 valence electrons. The Morgan fingerprint density at radius 3 is 1.78 bits per heavy atom. The van der Waals surface area contributed by atoms with Crippen molar-refractivity contribution in [1.29, 1.82) is 0 Å². The minimum atomic E-state index is -0.0608. The molecule has 8 aromatic carbocycles. The van der Waals surface area contributed by atoms with Gasteiger partial charge in [-0.2, -0.15) is 0 Å². The van der Waals surface area contributed by atoms with Crippen molar-refractivity contribution in [1.82, 2.24) is 24.4 Å². The van der Waals surface area contributed by atoms with Gasteiger partial charge in [0.2, 0.25) is 0 Å². The Morgan fingerprint density at radius 1 is 0.473 bits per heavy atom. The van der Waals surface area contributed by atoms with Crippen LogP contribution in [0.15, 0.2) is 164 Å². The number of nitrogens with zero attached hydrogens (tertiary/aromatic N) is 5. The Balaban J connectivity index is 1.09. The van der Waals surface area contributed by atoms with Crippen molar-refractivity contribution in [3.8, 4) is 39.5 Å². The zero-order valence-electron chi connectivity index (χ0n) is 30.3. The van der Waals surface area contributed by atoms with Crippen LogP contribution in [0.4, 0.5) is 0 Å². The monoisotopic (exact) mass is 703 g/mol. The highest BCUT2D eigenvalue weighted by molar-refractivity contribution is 6.28. The number of fused-ring (bicyclic) bond motifs is 13. The average Bonchev–Trinajstić information content (AvgIpc) is 3.89. The molecule has 3 heterocycles. The highest BCUT2D eigenvalue weighted by Gasteiger charge is 2.35. The van der Waals surface area contributed by atoms with Gasteiger partial charge in [-0.15, -0.1) is 14.8 Å². The number of para-hydroxylation sites is 1. The van der Waals surface area contributed by atoms with Crippen LogP contribution >= 0.6 is 0 Å². The first kappa shape index (κ1) is 30.4. The smallest absolute Gasteiger partial charge is 0.186 e. The van der Waals surface area contributed by atoms with Crippen molar-refractivity contribution in [2.24, 2.45) is 0 Å². The first-order valence-corrected chi connectivity index (χ1v) is 18.9. The normalized spacial score (nSPS) is 13.4. The van der Waals surface area contributed by atoms with Gasteiger partial charge in [0.05, 0.1) is 16.7 Å². The van der Waals surface area contributed by atoms with Crippen molar-refractivity contribution >= 4 is 59.8 Å². The molecule has 0 aliphatic heterocycles. The van der Waals surface area contributed by atoms with Crippen LogP contribution < -0.4 is 0 Å². The van der Waals surface area contributed by atoms with Crippen LogP contribution in [0.3, 0.4) is 0 Å². The minimum Gasteiger partial charge on any atom is -0.308 e. The Morgan fingerprint density at radius 2 is 1.05 bits per heavy atom. The van der Waals surface area contributed by atoms with Crippen molar-refractivity contribution in [3.05, 3.63) is 175 Å². The van der Waals surface area contributed by atoms with E-state index in [0.717, 1.165) is 50.0 Å². The number of aromatic nitrogens is 5. The van der Waals surface area contributed by atoms with E-state index >= 15 is 0 Å². The molecule has 5 heteroatoms. The Labute approximate surface area is 316 Å². The van der Waals surface area contributed by atoms with Gasteiger partial charge in [0.1, 0.15) is 5.69 Å². The molecule has 0 radical (unpaired) electrons. The molecule has 3 aromatic heterocycles. The summed E-state index contributed by atoms with van der Waals surface area (Å²) in [5.41, 5.74) is 12.1. The fourth-order valence-electron chi connectivity index (χ4n) is 9.44. The topological polar surface area (TPSA) is 48.0 Å². The third-order valence-electron chi connectivity index (χ3n) is 12.0. The number of hydrogen-bond acceptors (Lipinski definition) is 3. The highest BCUT2D eigenvalue weighted by Crippen LogP contribution is 2.50.